The Balaban J connectivity index is 2.18. The van der Waals surface area contributed by atoms with E-state index in [2.05, 4.69) is 20.8 Å². The molecule has 1 aromatic rings. The summed E-state index contributed by atoms with van der Waals surface area (Å²) in [6, 6.07) is 5.08. The first-order valence-electron chi connectivity index (χ1n) is 5.12. The Bertz CT molecular complexity index is 348. The van der Waals surface area contributed by atoms with Crippen LogP contribution in [-0.2, 0) is 0 Å². The van der Waals surface area contributed by atoms with Crippen LogP contribution >= 0.6 is 15.9 Å². The molecule has 4 heteroatoms. The van der Waals surface area contributed by atoms with Gasteiger partial charge in [0.2, 0.25) is 0 Å². The van der Waals surface area contributed by atoms with Gasteiger partial charge in [0.15, 0.2) is 0 Å². The molecule has 1 aliphatic heterocycles. The molecular weight excluding hydrogens is 259 g/mol. The molecule has 0 spiro atoms. The van der Waals surface area contributed by atoms with Crippen LogP contribution in [0.15, 0.2) is 22.7 Å². The zero-order valence-corrected chi connectivity index (χ0v) is 10.0. The van der Waals surface area contributed by atoms with Crippen LogP contribution in [0.25, 0.3) is 0 Å². The molecule has 0 saturated carbocycles. The van der Waals surface area contributed by atoms with Crippen LogP contribution in [-0.4, -0.2) is 19.1 Å². The van der Waals surface area contributed by atoms with Crippen LogP contribution in [0.4, 0.5) is 10.1 Å². The normalized spacial score (nSPS) is 18.2. The van der Waals surface area contributed by atoms with Gasteiger partial charge in [-0.2, -0.15) is 0 Å². The van der Waals surface area contributed by atoms with E-state index in [9.17, 15) is 4.39 Å². The van der Waals surface area contributed by atoms with Crippen LogP contribution in [0, 0.1) is 5.82 Å². The monoisotopic (exact) mass is 272 g/mol. The molecule has 0 radical (unpaired) electrons. The van der Waals surface area contributed by atoms with Gasteiger partial charge in [-0.05, 0) is 47.0 Å². The Morgan fingerprint density at radius 2 is 2.00 bits per heavy atom. The molecule has 1 heterocycles. The molecule has 0 bridgehead atoms. The van der Waals surface area contributed by atoms with Gasteiger partial charge in [-0.3, -0.25) is 0 Å². The minimum Gasteiger partial charge on any atom is -0.370 e. The summed E-state index contributed by atoms with van der Waals surface area (Å²) in [7, 11) is 0. The number of nitrogens with zero attached hydrogens (tertiary/aromatic N) is 1. The predicted molar refractivity (Wildman–Crippen MR) is 63.5 cm³/mol. The third-order valence-corrected chi connectivity index (χ3v) is 3.46. The lowest BCUT2D eigenvalue weighted by molar-refractivity contribution is 0.500. The summed E-state index contributed by atoms with van der Waals surface area (Å²) >= 11 is 3.44. The topological polar surface area (TPSA) is 29.3 Å². The molecule has 1 aromatic carbocycles. The van der Waals surface area contributed by atoms with E-state index in [1.54, 1.807) is 12.1 Å². The van der Waals surface area contributed by atoms with Gasteiger partial charge in [0.05, 0.1) is 5.69 Å². The summed E-state index contributed by atoms with van der Waals surface area (Å²) in [5.74, 6) is -0.192. The van der Waals surface area contributed by atoms with Gasteiger partial charge >= 0.3 is 0 Å². The molecule has 0 unspecified atom stereocenters. The molecule has 0 aromatic heterocycles. The predicted octanol–water partition coefficient (Wildman–Crippen LogP) is 2.52. The highest BCUT2D eigenvalue weighted by Gasteiger charge is 2.18. The largest absolute Gasteiger partial charge is 0.370 e. The summed E-state index contributed by atoms with van der Waals surface area (Å²) in [5, 5.41) is 0. The molecule has 2 N–H and O–H groups in total. The fourth-order valence-corrected chi connectivity index (χ4v) is 2.37. The maximum Gasteiger partial charge on any atom is 0.125 e. The van der Waals surface area contributed by atoms with Crippen molar-refractivity contribution in [3.63, 3.8) is 0 Å². The van der Waals surface area contributed by atoms with Crippen molar-refractivity contribution in [2.75, 3.05) is 18.0 Å². The van der Waals surface area contributed by atoms with Gasteiger partial charge < -0.3 is 10.6 Å². The van der Waals surface area contributed by atoms with E-state index in [-0.39, 0.29) is 5.82 Å². The van der Waals surface area contributed by atoms with Gasteiger partial charge in [0.25, 0.3) is 0 Å². The highest BCUT2D eigenvalue weighted by atomic mass is 79.9. The van der Waals surface area contributed by atoms with Crippen molar-refractivity contribution in [2.24, 2.45) is 5.73 Å². The van der Waals surface area contributed by atoms with Crippen molar-refractivity contribution in [1.82, 2.24) is 0 Å². The fourth-order valence-electron chi connectivity index (χ4n) is 1.87. The van der Waals surface area contributed by atoms with E-state index in [1.165, 1.54) is 6.07 Å². The average Bonchev–Trinajstić information content (AvgIpc) is 2.23. The van der Waals surface area contributed by atoms with E-state index >= 15 is 0 Å². The SMILES string of the molecule is NC1CCN(c2cc(F)ccc2Br)CC1. The van der Waals surface area contributed by atoms with Crippen LogP contribution in [0.2, 0.25) is 0 Å². The lowest BCUT2D eigenvalue weighted by atomic mass is 10.1. The number of hydrogen-bond acceptors (Lipinski definition) is 2. The summed E-state index contributed by atoms with van der Waals surface area (Å²) < 4.78 is 14.1. The number of halogens is 2. The minimum atomic E-state index is -0.192. The van der Waals surface area contributed by atoms with Crippen molar-refractivity contribution >= 4 is 21.6 Å². The highest BCUT2D eigenvalue weighted by molar-refractivity contribution is 9.10. The first-order chi connectivity index (χ1) is 7.16. The third-order valence-electron chi connectivity index (χ3n) is 2.79. The lowest BCUT2D eigenvalue weighted by Gasteiger charge is -2.32. The third kappa shape index (κ3) is 2.49. The molecular formula is C11H14BrFN2. The van der Waals surface area contributed by atoms with Gasteiger partial charge in [-0.25, -0.2) is 4.39 Å². The standard InChI is InChI=1S/C11H14BrFN2/c12-10-2-1-8(13)7-11(10)15-5-3-9(14)4-6-15/h1-2,7,9H,3-6,14H2. The van der Waals surface area contributed by atoms with Crippen molar-refractivity contribution < 1.29 is 4.39 Å². The van der Waals surface area contributed by atoms with E-state index in [4.69, 9.17) is 5.73 Å². The molecule has 82 valence electrons. The minimum absolute atomic E-state index is 0.192. The number of hydrogen-bond donors (Lipinski definition) is 1. The molecule has 2 nitrogen and oxygen atoms in total. The molecule has 2 rings (SSSR count). The van der Waals surface area contributed by atoms with E-state index in [0.717, 1.165) is 36.1 Å². The van der Waals surface area contributed by atoms with Gasteiger partial charge in [-0.1, -0.05) is 0 Å². The second-order valence-electron chi connectivity index (χ2n) is 3.92. The zero-order chi connectivity index (χ0) is 10.8. The van der Waals surface area contributed by atoms with E-state index in [1.807, 2.05) is 0 Å². The number of anilines is 1. The Morgan fingerprint density at radius 3 is 2.67 bits per heavy atom. The number of rotatable bonds is 1. The summed E-state index contributed by atoms with van der Waals surface area (Å²) in [6.45, 7) is 1.81. The second kappa shape index (κ2) is 4.49. The average molecular weight is 273 g/mol. The van der Waals surface area contributed by atoms with Crippen molar-refractivity contribution in [2.45, 2.75) is 18.9 Å². The van der Waals surface area contributed by atoms with Crippen LogP contribution in [0.1, 0.15) is 12.8 Å². The molecule has 1 saturated heterocycles. The Hall–Kier alpha value is -0.610. The zero-order valence-electron chi connectivity index (χ0n) is 8.42. The quantitative estimate of drug-likeness (QED) is 0.851. The lowest BCUT2D eigenvalue weighted by Crippen LogP contribution is -2.39. The number of piperidine rings is 1. The van der Waals surface area contributed by atoms with Crippen molar-refractivity contribution in [3.8, 4) is 0 Å². The van der Waals surface area contributed by atoms with E-state index < -0.39 is 0 Å². The number of benzene rings is 1. The van der Waals surface area contributed by atoms with Gasteiger partial charge in [0.1, 0.15) is 5.82 Å². The van der Waals surface area contributed by atoms with Crippen LogP contribution < -0.4 is 10.6 Å². The maximum atomic E-state index is 13.1. The molecule has 0 amide bonds. The first-order valence-corrected chi connectivity index (χ1v) is 5.91. The summed E-state index contributed by atoms with van der Waals surface area (Å²) in [4.78, 5) is 2.18. The Kier molecular flexibility index (Phi) is 3.26. The Labute approximate surface area is 97.4 Å². The first kappa shape index (κ1) is 10.9. The van der Waals surface area contributed by atoms with Crippen molar-refractivity contribution in [1.29, 1.82) is 0 Å². The molecule has 0 aliphatic carbocycles. The fraction of sp³-hybridized carbons (Fsp3) is 0.455. The molecule has 1 aliphatic rings. The van der Waals surface area contributed by atoms with E-state index in [0.29, 0.717) is 6.04 Å². The summed E-state index contributed by atoms with van der Waals surface area (Å²) in [6.07, 6.45) is 1.95. The van der Waals surface area contributed by atoms with Crippen LogP contribution in [0.3, 0.4) is 0 Å². The van der Waals surface area contributed by atoms with Crippen molar-refractivity contribution in [3.05, 3.63) is 28.5 Å². The van der Waals surface area contributed by atoms with Crippen LogP contribution in [0.5, 0.6) is 0 Å². The molecule has 15 heavy (non-hydrogen) atoms. The smallest absolute Gasteiger partial charge is 0.125 e. The molecule has 1 fully saturated rings. The Morgan fingerprint density at radius 1 is 1.33 bits per heavy atom. The number of nitrogens with two attached hydrogens (primary N) is 1. The second-order valence-corrected chi connectivity index (χ2v) is 4.77. The maximum absolute atomic E-state index is 13.1. The van der Waals surface area contributed by atoms with Gasteiger partial charge in [-0.15, -0.1) is 0 Å². The van der Waals surface area contributed by atoms with Gasteiger partial charge in [0, 0.05) is 23.6 Å². The summed E-state index contributed by atoms with van der Waals surface area (Å²) in [5.41, 5.74) is 6.76. The highest BCUT2D eigenvalue weighted by Crippen LogP contribution is 2.29. The molecule has 0 atom stereocenters.